The lowest BCUT2D eigenvalue weighted by atomic mass is 10.3. The van der Waals surface area contributed by atoms with Gasteiger partial charge in [0.15, 0.2) is 4.80 Å². The van der Waals surface area contributed by atoms with E-state index >= 15 is 0 Å². The highest BCUT2D eigenvalue weighted by molar-refractivity contribution is 14.1. The van der Waals surface area contributed by atoms with E-state index in [9.17, 15) is 9.18 Å². The Kier molecular flexibility index (Phi) is 4.62. The molecule has 4 nitrogen and oxygen atoms in total. The van der Waals surface area contributed by atoms with E-state index in [2.05, 4.69) is 27.6 Å². The molecule has 2 heterocycles. The Hall–Kier alpha value is -1.22. The molecule has 0 bridgehead atoms. The highest BCUT2D eigenvalue weighted by Gasteiger charge is 2.25. The molecule has 1 atom stereocenters. The first-order chi connectivity index (χ1) is 10.5. The minimum absolute atomic E-state index is 0.149. The lowest BCUT2D eigenvalue weighted by molar-refractivity contribution is 0.213. The third-order valence-electron chi connectivity index (χ3n) is 3.45. The van der Waals surface area contributed by atoms with E-state index < -0.39 is 6.17 Å². The molecular formula is C15H15FIN3OS. The molecule has 22 heavy (non-hydrogen) atoms. The van der Waals surface area contributed by atoms with Crippen LogP contribution in [0.2, 0.25) is 0 Å². The molecule has 0 aliphatic carbocycles. The van der Waals surface area contributed by atoms with Gasteiger partial charge in [-0.2, -0.15) is 4.99 Å². The van der Waals surface area contributed by atoms with E-state index in [4.69, 9.17) is 0 Å². The largest absolute Gasteiger partial charge is 0.346 e. The smallest absolute Gasteiger partial charge is 0.320 e. The number of nitrogens with zero attached hydrogens (tertiary/aromatic N) is 3. The first-order valence-corrected chi connectivity index (χ1v) is 8.85. The van der Waals surface area contributed by atoms with Crippen LogP contribution >= 0.6 is 33.9 Å². The number of benzene rings is 1. The molecule has 1 fully saturated rings. The number of carbonyl (C=O) groups excluding carboxylic acids is 1. The summed E-state index contributed by atoms with van der Waals surface area (Å²) in [6.45, 7) is 2.57. The summed E-state index contributed by atoms with van der Waals surface area (Å²) in [5.74, 6) is 0. The molecule has 0 radical (unpaired) electrons. The van der Waals surface area contributed by atoms with Gasteiger partial charge < -0.3 is 4.90 Å². The summed E-state index contributed by atoms with van der Waals surface area (Å²) in [4.78, 5) is 19.6. The molecule has 7 heteroatoms. The Morgan fingerprint density at radius 2 is 2.32 bits per heavy atom. The molecule has 0 saturated carbocycles. The van der Waals surface area contributed by atoms with E-state index in [1.54, 1.807) is 0 Å². The zero-order valence-electron chi connectivity index (χ0n) is 12.0. The fourth-order valence-corrected chi connectivity index (χ4v) is 3.74. The Labute approximate surface area is 145 Å². The van der Waals surface area contributed by atoms with Gasteiger partial charge in [-0.3, -0.25) is 4.57 Å². The SMILES string of the molecule is Cc1cn(-c2cccc(I)c2)/c(=N/C(=O)N2CC[C@@H](F)C2)s1. The lowest BCUT2D eigenvalue weighted by Crippen LogP contribution is -2.28. The van der Waals surface area contributed by atoms with Crippen molar-refractivity contribution in [1.82, 2.24) is 9.47 Å². The molecule has 1 aliphatic rings. The summed E-state index contributed by atoms with van der Waals surface area (Å²) in [6, 6.07) is 7.63. The minimum atomic E-state index is -0.924. The molecular weight excluding hydrogens is 416 g/mol. The van der Waals surface area contributed by atoms with Crippen LogP contribution in [0.1, 0.15) is 11.3 Å². The van der Waals surface area contributed by atoms with Crippen LogP contribution in [0, 0.1) is 10.5 Å². The molecule has 2 aromatic rings. The molecule has 1 saturated heterocycles. The number of rotatable bonds is 1. The number of alkyl halides is 1. The van der Waals surface area contributed by atoms with Crippen molar-refractivity contribution in [3.63, 3.8) is 0 Å². The van der Waals surface area contributed by atoms with Crippen molar-refractivity contribution in [3.05, 3.63) is 43.7 Å². The number of hydrogen-bond acceptors (Lipinski definition) is 2. The normalized spacial score (nSPS) is 19.0. The zero-order valence-corrected chi connectivity index (χ0v) is 15.0. The first kappa shape index (κ1) is 15.7. The average Bonchev–Trinajstić information content (AvgIpc) is 3.05. The number of likely N-dealkylation sites (tertiary alicyclic amines) is 1. The lowest BCUT2D eigenvalue weighted by Gasteiger charge is -2.10. The van der Waals surface area contributed by atoms with Crippen molar-refractivity contribution in [2.75, 3.05) is 13.1 Å². The summed E-state index contributed by atoms with van der Waals surface area (Å²) in [7, 11) is 0. The summed E-state index contributed by atoms with van der Waals surface area (Å²) >= 11 is 3.71. The van der Waals surface area contributed by atoms with Gasteiger partial charge in [-0.05, 0) is 54.1 Å². The fraction of sp³-hybridized carbons (Fsp3) is 0.333. The molecule has 1 aromatic carbocycles. The van der Waals surface area contributed by atoms with Crippen LogP contribution in [-0.2, 0) is 0 Å². The van der Waals surface area contributed by atoms with Crippen LogP contribution in [0.5, 0.6) is 0 Å². The first-order valence-electron chi connectivity index (χ1n) is 6.95. The Bertz CT molecular complexity index is 770. The highest BCUT2D eigenvalue weighted by Crippen LogP contribution is 2.15. The van der Waals surface area contributed by atoms with E-state index in [0.717, 1.165) is 14.1 Å². The van der Waals surface area contributed by atoms with E-state index in [1.165, 1.54) is 16.2 Å². The van der Waals surface area contributed by atoms with Crippen LogP contribution < -0.4 is 4.80 Å². The topological polar surface area (TPSA) is 37.6 Å². The van der Waals surface area contributed by atoms with Gasteiger partial charge in [-0.25, -0.2) is 9.18 Å². The number of thiazole rings is 1. The third-order valence-corrected chi connectivity index (χ3v) is 5.02. The quantitative estimate of drug-likeness (QED) is 0.637. The van der Waals surface area contributed by atoms with E-state index in [0.29, 0.717) is 17.8 Å². The summed E-state index contributed by atoms with van der Waals surface area (Å²) < 4.78 is 16.2. The molecule has 0 spiro atoms. The second-order valence-corrected chi connectivity index (χ2v) is 7.66. The zero-order chi connectivity index (χ0) is 15.7. The van der Waals surface area contributed by atoms with Gasteiger partial charge in [-0.15, -0.1) is 11.3 Å². The Balaban J connectivity index is 1.97. The predicted octanol–water partition coefficient (Wildman–Crippen LogP) is 3.52. The van der Waals surface area contributed by atoms with Crippen molar-refractivity contribution in [2.24, 2.45) is 4.99 Å². The molecule has 0 N–H and O–H groups in total. The molecule has 1 aromatic heterocycles. The molecule has 2 amide bonds. The molecule has 3 rings (SSSR count). The van der Waals surface area contributed by atoms with Crippen molar-refractivity contribution < 1.29 is 9.18 Å². The molecule has 116 valence electrons. The van der Waals surface area contributed by atoms with Crippen LogP contribution in [0.25, 0.3) is 5.69 Å². The highest BCUT2D eigenvalue weighted by atomic mass is 127. The van der Waals surface area contributed by atoms with Crippen LogP contribution in [0.4, 0.5) is 9.18 Å². The van der Waals surface area contributed by atoms with Crippen molar-refractivity contribution >= 4 is 40.0 Å². The van der Waals surface area contributed by atoms with Gasteiger partial charge in [-0.1, -0.05) is 6.07 Å². The van der Waals surface area contributed by atoms with Crippen molar-refractivity contribution in [3.8, 4) is 5.69 Å². The second kappa shape index (κ2) is 6.49. The maximum atomic E-state index is 13.2. The number of urea groups is 1. The molecule has 1 aliphatic heterocycles. The monoisotopic (exact) mass is 431 g/mol. The average molecular weight is 431 g/mol. The standard InChI is InChI=1S/C15H15FIN3OS/c1-10-8-20(13-4-2-3-12(17)7-13)15(22-10)18-14(21)19-6-5-11(16)9-19/h2-4,7-8,11H,5-6,9H2,1H3/b18-15-/t11-/m1/s1. The van der Waals surface area contributed by atoms with E-state index in [1.807, 2.05) is 42.0 Å². The predicted molar refractivity (Wildman–Crippen MR) is 93.1 cm³/mol. The number of hydrogen-bond donors (Lipinski definition) is 0. The number of halogens is 2. The van der Waals surface area contributed by atoms with Gasteiger partial charge in [0, 0.05) is 26.9 Å². The van der Waals surface area contributed by atoms with Crippen LogP contribution in [0.3, 0.4) is 0 Å². The summed E-state index contributed by atoms with van der Waals surface area (Å²) in [5, 5.41) is 0. The number of carbonyl (C=O) groups is 1. The number of amides is 2. The maximum absolute atomic E-state index is 13.2. The Morgan fingerprint density at radius 1 is 1.50 bits per heavy atom. The van der Waals surface area contributed by atoms with Gasteiger partial charge in [0.1, 0.15) is 6.17 Å². The maximum Gasteiger partial charge on any atom is 0.346 e. The fourth-order valence-electron chi connectivity index (χ4n) is 2.39. The number of aryl methyl sites for hydroxylation is 1. The van der Waals surface area contributed by atoms with Crippen LogP contribution in [0.15, 0.2) is 35.5 Å². The van der Waals surface area contributed by atoms with Crippen molar-refractivity contribution in [2.45, 2.75) is 19.5 Å². The number of aromatic nitrogens is 1. The van der Waals surface area contributed by atoms with E-state index in [-0.39, 0.29) is 12.6 Å². The summed E-state index contributed by atoms with van der Waals surface area (Å²) in [5.41, 5.74) is 0.965. The minimum Gasteiger partial charge on any atom is -0.320 e. The third kappa shape index (κ3) is 3.40. The van der Waals surface area contributed by atoms with Gasteiger partial charge in [0.05, 0.1) is 6.54 Å². The van der Waals surface area contributed by atoms with Gasteiger partial charge in [0.2, 0.25) is 0 Å². The van der Waals surface area contributed by atoms with Crippen molar-refractivity contribution in [1.29, 1.82) is 0 Å². The van der Waals surface area contributed by atoms with Gasteiger partial charge in [0.25, 0.3) is 0 Å². The summed E-state index contributed by atoms with van der Waals surface area (Å²) in [6.07, 6.45) is 1.44. The second-order valence-electron chi connectivity index (χ2n) is 5.20. The van der Waals surface area contributed by atoms with Crippen LogP contribution in [-0.4, -0.2) is 34.8 Å². The Morgan fingerprint density at radius 3 is 3.00 bits per heavy atom. The van der Waals surface area contributed by atoms with Gasteiger partial charge >= 0.3 is 6.03 Å². The molecule has 0 unspecified atom stereocenters.